The molecular formula is C64H42N2O. The highest BCUT2D eigenvalue weighted by Crippen LogP contribution is 2.52. The van der Waals surface area contributed by atoms with Crippen LogP contribution >= 0.6 is 0 Å². The minimum absolute atomic E-state index is 0.843. The van der Waals surface area contributed by atoms with E-state index in [0.29, 0.717) is 0 Å². The molecule has 0 N–H and O–H groups in total. The van der Waals surface area contributed by atoms with Crippen molar-refractivity contribution in [2.24, 2.45) is 0 Å². The maximum absolute atomic E-state index is 6.95. The number of fused-ring (bicyclic) bond motifs is 7. The van der Waals surface area contributed by atoms with Crippen LogP contribution in [0.4, 0.5) is 34.1 Å². The minimum Gasteiger partial charge on any atom is -0.456 e. The number of rotatable bonds is 8. The zero-order valence-corrected chi connectivity index (χ0v) is 36.6. The van der Waals surface area contributed by atoms with Crippen LogP contribution in [0.5, 0.6) is 11.5 Å². The Balaban J connectivity index is 0.934. The molecule has 1 aliphatic rings. The second kappa shape index (κ2) is 16.0. The van der Waals surface area contributed by atoms with Gasteiger partial charge in [0.15, 0.2) is 0 Å². The van der Waals surface area contributed by atoms with Crippen LogP contribution in [0.2, 0.25) is 0 Å². The molecule has 0 unspecified atom stereocenters. The van der Waals surface area contributed by atoms with E-state index in [2.05, 4.69) is 265 Å². The lowest BCUT2D eigenvalue weighted by Crippen LogP contribution is -2.11. The summed E-state index contributed by atoms with van der Waals surface area (Å²) in [6, 6.07) is 91.7. The van der Waals surface area contributed by atoms with E-state index in [9.17, 15) is 0 Å². The van der Waals surface area contributed by atoms with Gasteiger partial charge in [-0.05, 0) is 145 Å². The van der Waals surface area contributed by atoms with Gasteiger partial charge in [-0.25, -0.2) is 0 Å². The highest BCUT2D eigenvalue weighted by Gasteiger charge is 2.25. The molecule has 13 rings (SSSR count). The monoisotopic (exact) mass is 854 g/mol. The van der Waals surface area contributed by atoms with E-state index < -0.39 is 0 Å². The van der Waals surface area contributed by atoms with E-state index in [4.69, 9.17) is 4.74 Å². The normalized spacial score (nSPS) is 11.7. The van der Waals surface area contributed by atoms with Gasteiger partial charge in [-0.3, -0.25) is 0 Å². The van der Waals surface area contributed by atoms with E-state index >= 15 is 0 Å². The van der Waals surface area contributed by atoms with E-state index in [-0.39, 0.29) is 0 Å². The lowest BCUT2D eigenvalue weighted by molar-refractivity contribution is 0.487. The Morgan fingerprint density at radius 2 is 0.806 bits per heavy atom. The average molecular weight is 855 g/mol. The van der Waals surface area contributed by atoms with Gasteiger partial charge in [-0.15, -0.1) is 0 Å². The maximum atomic E-state index is 6.95. The number of para-hydroxylation sites is 3. The molecule has 0 radical (unpaired) electrons. The second-order valence-electron chi connectivity index (χ2n) is 17.3. The molecule has 1 aliphatic heterocycles. The first-order chi connectivity index (χ1) is 33.2. The van der Waals surface area contributed by atoms with Gasteiger partial charge in [0.05, 0.1) is 5.69 Å². The zero-order chi connectivity index (χ0) is 44.3. The van der Waals surface area contributed by atoms with Crippen molar-refractivity contribution >= 4 is 77.2 Å². The summed E-state index contributed by atoms with van der Waals surface area (Å²) in [5.74, 6) is 1.71. The number of hydrogen-bond acceptors (Lipinski definition) is 3. The Kier molecular flexibility index (Phi) is 9.17. The van der Waals surface area contributed by atoms with Crippen LogP contribution in [-0.2, 0) is 0 Å². The van der Waals surface area contributed by atoms with Crippen molar-refractivity contribution < 1.29 is 4.74 Å². The third kappa shape index (κ3) is 6.59. The molecular weight excluding hydrogens is 813 g/mol. The number of nitrogens with zero attached hydrogens (tertiary/aromatic N) is 2. The van der Waals surface area contributed by atoms with Crippen LogP contribution in [0.25, 0.3) is 76.5 Å². The van der Waals surface area contributed by atoms with Gasteiger partial charge >= 0.3 is 0 Å². The highest BCUT2D eigenvalue weighted by molar-refractivity contribution is 6.25. The molecule has 0 bridgehead atoms. The van der Waals surface area contributed by atoms with E-state index in [1.54, 1.807) is 0 Å². The first-order valence-electron chi connectivity index (χ1n) is 22.9. The van der Waals surface area contributed by atoms with E-state index in [1.165, 1.54) is 60.0 Å². The molecule has 67 heavy (non-hydrogen) atoms. The smallest absolute Gasteiger partial charge is 0.137 e. The molecule has 0 saturated carbocycles. The average Bonchev–Trinajstić information content (AvgIpc) is 3.40. The van der Waals surface area contributed by atoms with Crippen molar-refractivity contribution in [1.82, 2.24) is 0 Å². The van der Waals surface area contributed by atoms with Crippen molar-refractivity contribution in [3.8, 4) is 44.9 Å². The summed E-state index contributed by atoms with van der Waals surface area (Å²) in [5.41, 5.74) is 13.5. The molecule has 3 nitrogen and oxygen atoms in total. The first-order valence-corrected chi connectivity index (χ1v) is 22.9. The topological polar surface area (TPSA) is 15.7 Å². The standard InChI is InChI=1S/C64H42N2O/c1-4-18-44(19-5-1)52-25-14-15-29-61(52)66(48-23-8-3-9-24-48)49-34-32-45(33-35-49)57-41-59-56-28-16-30-62-64(56)60(42-58(59)54-27-13-12-26-53(54)57)55-38-37-51(40-63(55)67-62)65(47-21-6-2-7-22-47)50-36-31-43-17-10-11-20-46(43)39-50/h1-42H. The lowest BCUT2D eigenvalue weighted by atomic mass is 9.86. The first kappa shape index (κ1) is 38.5. The van der Waals surface area contributed by atoms with Gasteiger partial charge in [0.1, 0.15) is 11.5 Å². The molecule has 0 atom stereocenters. The quantitative estimate of drug-likeness (QED) is 0.142. The maximum Gasteiger partial charge on any atom is 0.137 e. The van der Waals surface area contributed by atoms with Gasteiger partial charge in [0.2, 0.25) is 0 Å². The molecule has 12 aromatic rings. The van der Waals surface area contributed by atoms with Gasteiger partial charge in [-0.2, -0.15) is 0 Å². The van der Waals surface area contributed by atoms with Crippen molar-refractivity contribution in [3.63, 3.8) is 0 Å². The van der Waals surface area contributed by atoms with Crippen LogP contribution < -0.4 is 14.5 Å². The number of benzene rings is 12. The Labute approximate surface area is 389 Å². The third-order valence-corrected chi connectivity index (χ3v) is 13.4. The van der Waals surface area contributed by atoms with E-state index in [0.717, 1.165) is 62.1 Å². The van der Waals surface area contributed by atoms with Crippen LogP contribution in [0.15, 0.2) is 255 Å². The summed E-state index contributed by atoms with van der Waals surface area (Å²) in [5, 5.41) is 9.60. The molecule has 0 spiro atoms. The summed E-state index contributed by atoms with van der Waals surface area (Å²) < 4.78 is 6.95. The fourth-order valence-electron chi connectivity index (χ4n) is 10.3. The molecule has 0 saturated heterocycles. The van der Waals surface area contributed by atoms with Crippen molar-refractivity contribution in [3.05, 3.63) is 255 Å². The van der Waals surface area contributed by atoms with Gasteiger partial charge < -0.3 is 14.5 Å². The molecule has 0 fully saturated rings. The summed E-state index contributed by atoms with van der Waals surface area (Å²) in [6.07, 6.45) is 0. The Bertz CT molecular complexity index is 3830. The van der Waals surface area contributed by atoms with Crippen molar-refractivity contribution in [2.45, 2.75) is 0 Å². The van der Waals surface area contributed by atoms with Crippen LogP contribution in [0.3, 0.4) is 0 Å². The Morgan fingerprint density at radius 1 is 0.254 bits per heavy atom. The van der Waals surface area contributed by atoms with Gasteiger partial charge in [0, 0.05) is 51.0 Å². The zero-order valence-electron chi connectivity index (χ0n) is 36.6. The number of ether oxygens (including phenoxy) is 1. The van der Waals surface area contributed by atoms with Crippen LogP contribution in [0.1, 0.15) is 0 Å². The second-order valence-corrected chi connectivity index (χ2v) is 17.3. The Morgan fingerprint density at radius 3 is 1.60 bits per heavy atom. The summed E-state index contributed by atoms with van der Waals surface area (Å²) in [7, 11) is 0. The fourth-order valence-corrected chi connectivity index (χ4v) is 10.3. The molecule has 0 amide bonds. The molecule has 1 heterocycles. The highest BCUT2D eigenvalue weighted by atomic mass is 16.5. The van der Waals surface area contributed by atoms with E-state index in [1.807, 2.05) is 0 Å². The largest absolute Gasteiger partial charge is 0.456 e. The van der Waals surface area contributed by atoms with Crippen LogP contribution in [0, 0.1) is 0 Å². The van der Waals surface area contributed by atoms with Gasteiger partial charge in [-0.1, -0.05) is 164 Å². The predicted molar refractivity (Wildman–Crippen MR) is 282 cm³/mol. The summed E-state index contributed by atoms with van der Waals surface area (Å²) in [6.45, 7) is 0. The summed E-state index contributed by atoms with van der Waals surface area (Å²) in [4.78, 5) is 4.68. The van der Waals surface area contributed by atoms with Crippen molar-refractivity contribution in [1.29, 1.82) is 0 Å². The number of anilines is 6. The molecule has 3 heteroatoms. The lowest BCUT2D eigenvalue weighted by Gasteiger charge is -2.28. The fraction of sp³-hybridized carbons (Fsp3) is 0. The van der Waals surface area contributed by atoms with Crippen LogP contribution in [-0.4, -0.2) is 0 Å². The molecule has 0 aromatic heterocycles. The third-order valence-electron chi connectivity index (χ3n) is 13.4. The van der Waals surface area contributed by atoms with Gasteiger partial charge in [0.25, 0.3) is 0 Å². The summed E-state index contributed by atoms with van der Waals surface area (Å²) >= 11 is 0. The SMILES string of the molecule is c1ccc(-c2ccccc2N(c2ccccc2)c2ccc(-c3cc4c5cccc6c5c(cc4c4ccccc34)-c3ccc(N(c4ccccc4)c4ccc5ccccc5c4)cc3O6)cc2)cc1. The number of hydrogen-bond donors (Lipinski definition) is 0. The van der Waals surface area contributed by atoms with Crippen molar-refractivity contribution in [2.75, 3.05) is 9.80 Å². The molecule has 314 valence electrons. The molecule has 0 aliphatic carbocycles. The molecule has 12 aromatic carbocycles. The minimum atomic E-state index is 0.843. The Hall–Kier alpha value is -8.92. The predicted octanol–water partition coefficient (Wildman–Crippen LogP) is 18.3.